The van der Waals surface area contributed by atoms with Crippen LogP contribution in [0.1, 0.15) is 28.4 Å². The van der Waals surface area contributed by atoms with Gasteiger partial charge < -0.3 is 14.8 Å². The number of ether oxygens (including phenoxy) is 2. The minimum Gasteiger partial charge on any atom is -0.493 e. The van der Waals surface area contributed by atoms with Crippen molar-refractivity contribution in [2.75, 3.05) is 18.6 Å². The maximum Gasteiger partial charge on any atom is 0.259 e. The molecule has 0 saturated carbocycles. The van der Waals surface area contributed by atoms with Crippen molar-refractivity contribution in [3.8, 4) is 11.5 Å². The van der Waals surface area contributed by atoms with E-state index in [2.05, 4.69) is 5.32 Å². The summed E-state index contributed by atoms with van der Waals surface area (Å²) in [5, 5.41) is 2.99. The van der Waals surface area contributed by atoms with E-state index in [1.165, 1.54) is 0 Å². The molecule has 0 saturated heterocycles. The van der Waals surface area contributed by atoms with Crippen LogP contribution in [0.15, 0.2) is 72.8 Å². The maximum atomic E-state index is 13.3. The molecule has 32 heavy (non-hydrogen) atoms. The summed E-state index contributed by atoms with van der Waals surface area (Å²) >= 11 is 0. The highest BCUT2D eigenvalue weighted by Gasteiger charge is 2.38. The zero-order valence-corrected chi connectivity index (χ0v) is 18.2. The first-order valence-electron chi connectivity index (χ1n) is 10.7. The highest BCUT2D eigenvalue weighted by molar-refractivity contribution is 6.11. The Morgan fingerprint density at radius 3 is 2.50 bits per heavy atom. The SMILES string of the molecule is CCOc1cc(CNC(=O)[C@@H]2Cc3ccccc3N2C(=O)c2ccccc2)ccc1OC. The number of fused-ring (bicyclic) bond motifs is 1. The van der Waals surface area contributed by atoms with E-state index < -0.39 is 6.04 Å². The Labute approximate surface area is 187 Å². The number of anilines is 1. The van der Waals surface area contributed by atoms with Crippen LogP contribution >= 0.6 is 0 Å². The molecule has 0 aliphatic carbocycles. The Bertz CT molecular complexity index is 1110. The van der Waals surface area contributed by atoms with Crippen LogP contribution in [-0.2, 0) is 17.8 Å². The van der Waals surface area contributed by atoms with Gasteiger partial charge in [0.1, 0.15) is 6.04 Å². The molecule has 0 spiro atoms. The lowest BCUT2D eigenvalue weighted by Crippen LogP contribution is -2.48. The first-order chi connectivity index (χ1) is 15.6. The Kier molecular flexibility index (Phi) is 6.40. The largest absolute Gasteiger partial charge is 0.493 e. The number of rotatable bonds is 7. The molecule has 3 aromatic rings. The topological polar surface area (TPSA) is 67.9 Å². The molecule has 0 radical (unpaired) electrons. The van der Waals surface area contributed by atoms with Crippen LogP contribution in [-0.4, -0.2) is 31.6 Å². The smallest absolute Gasteiger partial charge is 0.259 e. The summed E-state index contributed by atoms with van der Waals surface area (Å²) in [6.45, 7) is 2.75. The minimum absolute atomic E-state index is 0.182. The number of hydrogen-bond donors (Lipinski definition) is 1. The normalized spacial score (nSPS) is 14.6. The molecular formula is C26H26N2O4. The van der Waals surface area contributed by atoms with Crippen molar-refractivity contribution >= 4 is 17.5 Å². The molecule has 6 nitrogen and oxygen atoms in total. The molecule has 1 N–H and O–H groups in total. The molecule has 1 atom stereocenters. The van der Waals surface area contributed by atoms with Gasteiger partial charge in [-0.05, 0) is 48.4 Å². The lowest BCUT2D eigenvalue weighted by Gasteiger charge is -2.25. The molecular weight excluding hydrogens is 404 g/mol. The van der Waals surface area contributed by atoms with Gasteiger partial charge in [0.05, 0.1) is 13.7 Å². The van der Waals surface area contributed by atoms with Gasteiger partial charge in [-0.3, -0.25) is 14.5 Å². The van der Waals surface area contributed by atoms with Crippen LogP contribution in [0.2, 0.25) is 0 Å². The van der Waals surface area contributed by atoms with E-state index in [1.54, 1.807) is 24.1 Å². The van der Waals surface area contributed by atoms with E-state index in [9.17, 15) is 9.59 Å². The van der Waals surface area contributed by atoms with Crippen molar-refractivity contribution in [3.05, 3.63) is 89.5 Å². The summed E-state index contributed by atoms with van der Waals surface area (Å²) in [6.07, 6.45) is 0.480. The van der Waals surface area contributed by atoms with Crippen LogP contribution in [0, 0.1) is 0 Å². The number of benzene rings is 3. The van der Waals surface area contributed by atoms with Gasteiger partial charge in [-0.25, -0.2) is 0 Å². The van der Waals surface area contributed by atoms with Crippen molar-refractivity contribution in [2.24, 2.45) is 0 Å². The first kappa shape index (κ1) is 21.4. The Balaban J connectivity index is 1.53. The van der Waals surface area contributed by atoms with Gasteiger partial charge in [0.15, 0.2) is 11.5 Å². The maximum absolute atomic E-state index is 13.3. The van der Waals surface area contributed by atoms with E-state index in [0.29, 0.717) is 36.6 Å². The van der Waals surface area contributed by atoms with Crippen LogP contribution < -0.4 is 19.7 Å². The van der Waals surface area contributed by atoms with Gasteiger partial charge in [0.25, 0.3) is 5.91 Å². The van der Waals surface area contributed by atoms with Crippen LogP contribution in [0.5, 0.6) is 11.5 Å². The van der Waals surface area contributed by atoms with Crippen molar-refractivity contribution in [2.45, 2.75) is 25.9 Å². The summed E-state index contributed by atoms with van der Waals surface area (Å²) in [7, 11) is 1.59. The fourth-order valence-electron chi connectivity index (χ4n) is 3.97. The number of nitrogens with zero attached hydrogens (tertiary/aromatic N) is 1. The van der Waals surface area contributed by atoms with Gasteiger partial charge in [-0.1, -0.05) is 42.5 Å². The third-order valence-corrected chi connectivity index (χ3v) is 5.51. The lowest BCUT2D eigenvalue weighted by molar-refractivity contribution is -0.122. The minimum atomic E-state index is -0.607. The summed E-state index contributed by atoms with van der Waals surface area (Å²) in [5.41, 5.74) is 3.21. The van der Waals surface area contributed by atoms with Crippen LogP contribution in [0.4, 0.5) is 5.69 Å². The summed E-state index contributed by atoms with van der Waals surface area (Å²) in [5.74, 6) is 0.904. The molecule has 1 heterocycles. The number of carbonyl (C=O) groups excluding carboxylic acids is 2. The lowest BCUT2D eigenvalue weighted by atomic mass is 10.1. The molecule has 0 fully saturated rings. The van der Waals surface area contributed by atoms with E-state index in [4.69, 9.17) is 9.47 Å². The molecule has 1 aliphatic rings. The van der Waals surface area contributed by atoms with Gasteiger partial charge in [0, 0.05) is 24.2 Å². The Hall–Kier alpha value is -3.80. The predicted molar refractivity (Wildman–Crippen MR) is 123 cm³/mol. The number of para-hydroxylation sites is 1. The molecule has 0 aromatic heterocycles. The summed E-state index contributed by atoms with van der Waals surface area (Å²) in [6, 6.07) is 21.7. The van der Waals surface area contributed by atoms with E-state index in [0.717, 1.165) is 16.8 Å². The highest BCUT2D eigenvalue weighted by atomic mass is 16.5. The zero-order chi connectivity index (χ0) is 22.5. The van der Waals surface area contributed by atoms with Crippen molar-refractivity contribution < 1.29 is 19.1 Å². The van der Waals surface area contributed by atoms with E-state index >= 15 is 0 Å². The number of methoxy groups -OCH3 is 1. The average Bonchev–Trinajstić information content (AvgIpc) is 3.22. The quantitative estimate of drug-likeness (QED) is 0.616. The Morgan fingerprint density at radius 1 is 1.00 bits per heavy atom. The Morgan fingerprint density at radius 2 is 1.75 bits per heavy atom. The second kappa shape index (κ2) is 9.56. The van der Waals surface area contributed by atoms with Gasteiger partial charge in [0.2, 0.25) is 5.91 Å². The molecule has 1 aliphatic heterocycles. The van der Waals surface area contributed by atoms with Crippen LogP contribution in [0.3, 0.4) is 0 Å². The van der Waals surface area contributed by atoms with Gasteiger partial charge in [-0.15, -0.1) is 0 Å². The molecule has 164 valence electrons. The van der Waals surface area contributed by atoms with Gasteiger partial charge >= 0.3 is 0 Å². The van der Waals surface area contributed by atoms with E-state index in [-0.39, 0.29) is 11.8 Å². The second-order valence-corrected chi connectivity index (χ2v) is 7.53. The standard InChI is InChI=1S/C26H26N2O4/c1-3-32-24-15-18(13-14-23(24)31-2)17-27-25(29)22-16-20-11-7-8-12-21(20)28(22)26(30)19-9-5-4-6-10-19/h4-15,22H,3,16-17H2,1-2H3,(H,27,29)/t22-/m0/s1. The predicted octanol–water partition coefficient (Wildman–Crippen LogP) is 3.98. The average molecular weight is 431 g/mol. The number of amides is 2. The first-order valence-corrected chi connectivity index (χ1v) is 10.7. The van der Waals surface area contributed by atoms with Gasteiger partial charge in [-0.2, -0.15) is 0 Å². The van der Waals surface area contributed by atoms with Crippen molar-refractivity contribution in [3.63, 3.8) is 0 Å². The number of nitrogens with one attached hydrogen (secondary N) is 1. The highest BCUT2D eigenvalue weighted by Crippen LogP contribution is 2.33. The summed E-state index contributed by atoms with van der Waals surface area (Å²) in [4.78, 5) is 28.1. The summed E-state index contributed by atoms with van der Waals surface area (Å²) < 4.78 is 10.9. The van der Waals surface area contributed by atoms with Crippen molar-refractivity contribution in [1.82, 2.24) is 5.32 Å². The molecule has 0 bridgehead atoms. The molecule has 0 unspecified atom stereocenters. The van der Waals surface area contributed by atoms with Crippen LogP contribution in [0.25, 0.3) is 0 Å². The molecule has 6 heteroatoms. The molecule has 3 aromatic carbocycles. The zero-order valence-electron chi connectivity index (χ0n) is 18.2. The number of hydrogen-bond acceptors (Lipinski definition) is 4. The second-order valence-electron chi connectivity index (χ2n) is 7.53. The fourth-order valence-corrected chi connectivity index (χ4v) is 3.97. The van der Waals surface area contributed by atoms with Crippen molar-refractivity contribution in [1.29, 1.82) is 0 Å². The third-order valence-electron chi connectivity index (χ3n) is 5.51. The number of carbonyl (C=O) groups is 2. The molecule has 4 rings (SSSR count). The van der Waals surface area contributed by atoms with E-state index in [1.807, 2.05) is 67.6 Å². The third kappa shape index (κ3) is 4.30. The fraction of sp³-hybridized carbons (Fsp3) is 0.231. The molecule has 2 amide bonds. The monoisotopic (exact) mass is 430 g/mol.